The van der Waals surface area contributed by atoms with E-state index in [9.17, 15) is 4.79 Å². The van der Waals surface area contributed by atoms with Crippen LogP contribution in [-0.2, 0) is 14.3 Å². The van der Waals surface area contributed by atoms with Gasteiger partial charge in [0.05, 0.1) is 13.2 Å². The Morgan fingerprint density at radius 2 is 2.15 bits per heavy atom. The molecule has 1 aromatic carbocycles. The number of carbonyl (C=O) groups excluding carboxylic acids is 1. The van der Waals surface area contributed by atoms with Gasteiger partial charge < -0.3 is 14.8 Å². The van der Waals surface area contributed by atoms with Gasteiger partial charge in [0.25, 0.3) is 0 Å². The molecule has 0 saturated heterocycles. The summed E-state index contributed by atoms with van der Waals surface area (Å²) >= 11 is 0. The Kier molecular flexibility index (Phi) is 4.65. The summed E-state index contributed by atoms with van der Waals surface area (Å²) in [5.41, 5.74) is 1.30. The van der Waals surface area contributed by atoms with E-state index in [2.05, 4.69) is 5.32 Å². The fourth-order valence-electron chi connectivity index (χ4n) is 3.05. The van der Waals surface area contributed by atoms with Crippen molar-refractivity contribution < 1.29 is 14.3 Å². The number of esters is 1. The fourth-order valence-corrected chi connectivity index (χ4v) is 3.05. The van der Waals surface area contributed by atoms with Crippen LogP contribution in [0.15, 0.2) is 24.3 Å². The highest BCUT2D eigenvalue weighted by Crippen LogP contribution is 2.35. The molecule has 4 nitrogen and oxygen atoms in total. The Morgan fingerprint density at radius 3 is 2.80 bits per heavy atom. The third-order valence-corrected chi connectivity index (χ3v) is 4.06. The number of hydrogen-bond donors (Lipinski definition) is 1. The molecule has 1 aliphatic rings. The summed E-state index contributed by atoms with van der Waals surface area (Å²) in [7, 11) is 3.09. The average Bonchev–Trinajstić information content (AvgIpc) is 2.46. The molecule has 0 aromatic heterocycles. The van der Waals surface area contributed by atoms with Gasteiger partial charge >= 0.3 is 5.97 Å². The minimum Gasteiger partial charge on any atom is -0.467 e. The van der Waals surface area contributed by atoms with E-state index in [0.717, 1.165) is 36.9 Å². The first kappa shape index (κ1) is 14.9. The first-order chi connectivity index (χ1) is 9.62. The normalized spacial score (nSPS) is 26.1. The van der Waals surface area contributed by atoms with Gasteiger partial charge in [-0.05, 0) is 37.5 Å². The number of rotatable bonds is 4. The summed E-state index contributed by atoms with van der Waals surface area (Å²) in [6.45, 7) is 2.03. The third kappa shape index (κ3) is 2.80. The number of benzene rings is 1. The van der Waals surface area contributed by atoms with Gasteiger partial charge in [-0.2, -0.15) is 0 Å². The van der Waals surface area contributed by atoms with E-state index in [0.29, 0.717) is 0 Å². The maximum Gasteiger partial charge on any atom is 0.334 e. The number of nitrogens with one attached hydrogen (secondary N) is 1. The van der Waals surface area contributed by atoms with Gasteiger partial charge in [-0.15, -0.1) is 0 Å². The van der Waals surface area contributed by atoms with Crippen molar-refractivity contribution in [1.29, 1.82) is 0 Å². The van der Waals surface area contributed by atoms with Gasteiger partial charge in [-0.3, -0.25) is 0 Å². The topological polar surface area (TPSA) is 47.6 Å². The third-order valence-electron chi connectivity index (χ3n) is 4.06. The van der Waals surface area contributed by atoms with Crippen molar-refractivity contribution >= 4 is 11.7 Å². The van der Waals surface area contributed by atoms with Crippen molar-refractivity contribution in [3.05, 3.63) is 29.8 Å². The SMILES string of the molecule is COC(=O)C1(Nc2cccc(C)c2)CCCCC1OC. The molecule has 1 fully saturated rings. The summed E-state index contributed by atoms with van der Waals surface area (Å²) in [5.74, 6) is -0.245. The zero-order valence-electron chi connectivity index (χ0n) is 12.4. The van der Waals surface area contributed by atoms with Crippen LogP contribution in [-0.4, -0.2) is 31.8 Å². The zero-order chi connectivity index (χ0) is 14.6. The standard InChI is InChI=1S/C16H23NO3/c1-12-7-6-8-13(11-12)17-16(15(18)20-3)10-5-4-9-14(16)19-2/h6-8,11,14,17H,4-5,9-10H2,1-3H3. The van der Waals surface area contributed by atoms with E-state index in [1.54, 1.807) is 7.11 Å². The Bertz CT molecular complexity index is 475. The molecule has 1 N–H and O–H groups in total. The molecule has 0 radical (unpaired) electrons. The van der Waals surface area contributed by atoms with E-state index < -0.39 is 5.54 Å². The summed E-state index contributed by atoms with van der Waals surface area (Å²) in [6, 6.07) is 8.02. The fraction of sp³-hybridized carbons (Fsp3) is 0.562. The molecule has 0 spiro atoms. The first-order valence-electron chi connectivity index (χ1n) is 7.08. The van der Waals surface area contributed by atoms with Crippen LogP contribution in [0.5, 0.6) is 0 Å². The van der Waals surface area contributed by atoms with E-state index in [4.69, 9.17) is 9.47 Å². The van der Waals surface area contributed by atoms with E-state index in [1.807, 2.05) is 31.2 Å². The monoisotopic (exact) mass is 277 g/mol. The lowest BCUT2D eigenvalue weighted by Gasteiger charge is -2.42. The van der Waals surface area contributed by atoms with E-state index in [-0.39, 0.29) is 12.1 Å². The maximum atomic E-state index is 12.4. The highest BCUT2D eigenvalue weighted by Gasteiger charge is 2.48. The summed E-state index contributed by atoms with van der Waals surface area (Å²) in [4.78, 5) is 12.4. The minimum absolute atomic E-state index is 0.163. The molecule has 0 aliphatic heterocycles. The number of ether oxygens (including phenoxy) is 2. The average molecular weight is 277 g/mol. The van der Waals surface area contributed by atoms with Gasteiger partial charge in [-0.1, -0.05) is 25.0 Å². The number of hydrogen-bond acceptors (Lipinski definition) is 4. The molecule has 2 unspecified atom stereocenters. The van der Waals surface area contributed by atoms with Crippen LogP contribution in [0.2, 0.25) is 0 Å². The smallest absolute Gasteiger partial charge is 0.334 e. The van der Waals surface area contributed by atoms with Crippen LogP contribution in [0.4, 0.5) is 5.69 Å². The van der Waals surface area contributed by atoms with Crippen LogP contribution >= 0.6 is 0 Å². The van der Waals surface area contributed by atoms with Gasteiger partial charge in [0, 0.05) is 12.8 Å². The maximum absolute atomic E-state index is 12.4. The van der Waals surface area contributed by atoms with Gasteiger partial charge in [0.15, 0.2) is 5.54 Å². The van der Waals surface area contributed by atoms with Crippen molar-refractivity contribution in [2.75, 3.05) is 19.5 Å². The predicted molar refractivity (Wildman–Crippen MR) is 78.8 cm³/mol. The molecule has 1 aliphatic carbocycles. The Balaban J connectivity index is 2.33. The molecule has 0 bridgehead atoms. The number of carbonyl (C=O) groups is 1. The molecule has 2 rings (SSSR count). The summed E-state index contributed by atoms with van der Waals surface area (Å²) in [6.07, 6.45) is 3.50. The van der Waals surface area contributed by atoms with Crippen LogP contribution in [0.1, 0.15) is 31.2 Å². The Labute approximate surface area is 120 Å². The second-order valence-electron chi connectivity index (χ2n) is 5.43. The predicted octanol–water partition coefficient (Wildman–Crippen LogP) is 2.91. The van der Waals surface area contributed by atoms with Crippen molar-refractivity contribution in [2.24, 2.45) is 0 Å². The van der Waals surface area contributed by atoms with Crippen molar-refractivity contribution in [2.45, 2.75) is 44.2 Å². The quantitative estimate of drug-likeness (QED) is 0.860. The number of methoxy groups -OCH3 is 2. The molecule has 1 saturated carbocycles. The molecular formula is C16H23NO3. The molecular weight excluding hydrogens is 254 g/mol. The molecule has 0 amide bonds. The van der Waals surface area contributed by atoms with Crippen molar-refractivity contribution in [3.63, 3.8) is 0 Å². The molecule has 0 heterocycles. The lowest BCUT2D eigenvalue weighted by molar-refractivity contribution is -0.153. The zero-order valence-corrected chi connectivity index (χ0v) is 12.4. The molecule has 1 aromatic rings. The van der Waals surface area contributed by atoms with Crippen molar-refractivity contribution in [3.8, 4) is 0 Å². The first-order valence-corrected chi connectivity index (χ1v) is 7.08. The van der Waals surface area contributed by atoms with Gasteiger partial charge in [0.2, 0.25) is 0 Å². The van der Waals surface area contributed by atoms with E-state index in [1.165, 1.54) is 7.11 Å². The van der Waals surface area contributed by atoms with Crippen LogP contribution < -0.4 is 5.32 Å². The van der Waals surface area contributed by atoms with E-state index >= 15 is 0 Å². The van der Waals surface area contributed by atoms with Gasteiger partial charge in [-0.25, -0.2) is 4.79 Å². The molecule has 110 valence electrons. The van der Waals surface area contributed by atoms with Gasteiger partial charge in [0.1, 0.15) is 0 Å². The summed E-state index contributed by atoms with van der Waals surface area (Å²) in [5, 5.41) is 3.39. The van der Waals surface area contributed by atoms with Crippen LogP contribution in [0.3, 0.4) is 0 Å². The lowest BCUT2D eigenvalue weighted by Crippen LogP contribution is -2.58. The van der Waals surface area contributed by atoms with Crippen molar-refractivity contribution in [1.82, 2.24) is 0 Å². The molecule has 4 heteroatoms. The second-order valence-corrected chi connectivity index (χ2v) is 5.43. The van der Waals surface area contributed by atoms with Crippen LogP contribution in [0, 0.1) is 6.92 Å². The Morgan fingerprint density at radius 1 is 1.35 bits per heavy atom. The largest absolute Gasteiger partial charge is 0.467 e. The molecule has 20 heavy (non-hydrogen) atoms. The van der Waals surface area contributed by atoms with Crippen LogP contribution in [0.25, 0.3) is 0 Å². The highest BCUT2D eigenvalue weighted by molar-refractivity contribution is 5.85. The highest BCUT2D eigenvalue weighted by atomic mass is 16.5. The Hall–Kier alpha value is -1.55. The number of anilines is 1. The summed E-state index contributed by atoms with van der Waals surface area (Å²) < 4.78 is 10.6. The minimum atomic E-state index is -0.782. The molecule has 2 atom stereocenters. The lowest BCUT2D eigenvalue weighted by atomic mass is 9.78. The number of aryl methyl sites for hydroxylation is 1. The second kappa shape index (κ2) is 6.27.